The Morgan fingerprint density at radius 3 is 2.76 bits per heavy atom. The van der Waals surface area contributed by atoms with Gasteiger partial charge < -0.3 is 10.5 Å². The Kier molecular flexibility index (Phi) is 3.93. The fourth-order valence-electron chi connectivity index (χ4n) is 1.09. The molecule has 0 aliphatic carbocycles. The Bertz CT molecular complexity index is 419. The Morgan fingerprint density at radius 1 is 1.53 bits per heavy atom. The highest BCUT2D eigenvalue weighted by molar-refractivity contribution is 5.91. The largest absolute Gasteiger partial charge is 0.462 e. The molecule has 94 valence electrons. The average Bonchev–Trinajstić information content (AvgIpc) is 2.19. The van der Waals surface area contributed by atoms with E-state index in [1.165, 1.54) is 12.3 Å². The summed E-state index contributed by atoms with van der Waals surface area (Å²) in [5.41, 5.74) is 6.10. The highest BCUT2D eigenvalue weighted by Gasteiger charge is 2.27. The van der Waals surface area contributed by atoms with Crippen LogP contribution in [0, 0.1) is 6.92 Å². The number of esters is 1. The van der Waals surface area contributed by atoms with E-state index in [2.05, 4.69) is 9.72 Å². The number of rotatable bonds is 3. The van der Waals surface area contributed by atoms with E-state index in [0.29, 0.717) is 5.69 Å². The molecule has 2 N–H and O–H groups in total. The van der Waals surface area contributed by atoms with Gasteiger partial charge in [0.1, 0.15) is 6.61 Å². The van der Waals surface area contributed by atoms with Gasteiger partial charge in [0.15, 0.2) is 0 Å². The molecule has 7 heteroatoms. The number of ether oxygens (including phenoxy) is 1. The van der Waals surface area contributed by atoms with Crippen LogP contribution >= 0.6 is 0 Å². The van der Waals surface area contributed by atoms with Crippen LogP contribution in [-0.2, 0) is 4.74 Å². The quantitative estimate of drug-likeness (QED) is 0.832. The van der Waals surface area contributed by atoms with E-state index in [0.717, 1.165) is 0 Å². The summed E-state index contributed by atoms with van der Waals surface area (Å²) in [6.07, 6.45) is -4.17. The molecule has 1 aromatic rings. The topological polar surface area (TPSA) is 65.2 Å². The van der Waals surface area contributed by atoms with Crippen molar-refractivity contribution >= 4 is 11.7 Å². The fraction of sp³-hybridized carbons (Fsp3) is 0.400. The molecule has 1 rings (SSSR count). The van der Waals surface area contributed by atoms with Crippen LogP contribution in [0.4, 0.5) is 18.9 Å². The normalized spacial score (nSPS) is 11.3. The second-order valence-corrected chi connectivity index (χ2v) is 3.40. The summed E-state index contributed by atoms with van der Waals surface area (Å²) >= 11 is 0. The molecule has 17 heavy (non-hydrogen) atoms. The number of anilines is 1. The van der Waals surface area contributed by atoms with E-state index in [4.69, 9.17) is 5.73 Å². The minimum Gasteiger partial charge on any atom is -0.462 e. The predicted octanol–water partition coefficient (Wildman–Crippen LogP) is 2.08. The first-order valence-electron chi connectivity index (χ1n) is 4.75. The number of halogens is 3. The number of hydrogen-bond acceptors (Lipinski definition) is 4. The molecule has 0 aliphatic rings. The van der Waals surface area contributed by atoms with Crippen LogP contribution in [0.5, 0.6) is 0 Å². The van der Waals surface area contributed by atoms with E-state index >= 15 is 0 Å². The number of alkyl halides is 3. The highest BCUT2D eigenvalue weighted by atomic mass is 19.4. The van der Waals surface area contributed by atoms with Gasteiger partial charge in [0.05, 0.1) is 29.6 Å². The molecule has 0 fully saturated rings. The number of carbonyl (C=O) groups is 1. The first kappa shape index (κ1) is 13.3. The molecule has 0 amide bonds. The van der Waals surface area contributed by atoms with E-state index in [9.17, 15) is 18.0 Å². The van der Waals surface area contributed by atoms with Crippen molar-refractivity contribution in [3.8, 4) is 0 Å². The highest BCUT2D eigenvalue weighted by Crippen LogP contribution is 2.19. The number of aromatic nitrogens is 1. The van der Waals surface area contributed by atoms with Crippen molar-refractivity contribution in [3.05, 3.63) is 23.5 Å². The Hall–Kier alpha value is -1.79. The van der Waals surface area contributed by atoms with Crippen LogP contribution in [0.2, 0.25) is 0 Å². The van der Waals surface area contributed by atoms with Gasteiger partial charge in [-0.1, -0.05) is 0 Å². The summed E-state index contributed by atoms with van der Waals surface area (Å²) < 4.78 is 40.0. The van der Waals surface area contributed by atoms with Crippen LogP contribution in [0.3, 0.4) is 0 Å². The minimum atomic E-state index is -4.34. The maximum atomic E-state index is 11.8. The van der Waals surface area contributed by atoms with Crippen molar-refractivity contribution in [1.82, 2.24) is 4.98 Å². The second kappa shape index (κ2) is 5.03. The van der Waals surface area contributed by atoms with Crippen molar-refractivity contribution in [3.63, 3.8) is 0 Å². The van der Waals surface area contributed by atoms with E-state index in [1.807, 2.05) is 0 Å². The molecule has 0 saturated carbocycles. The maximum absolute atomic E-state index is 11.8. The molecule has 0 radical (unpaired) electrons. The number of carbonyl (C=O) groups excluding carboxylic acids is 1. The summed E-state index contributed by atoms with van der Waals surface area (Å²) in [5.74, 6) is -0.855. The molecular formula is C10H11F3N2O2. The third-order valence-electron chi connectivity index (χ3n) is 1.95. The van der Waals surface area contributed by atoms with Crippen molar-refractivity contribution in [2.24, 2.45) is 0 Å². The van der Waals surface area contributed by atoms with E-state index in [1.54, 1.807) is 6.92 Å². The Morgan fingerprint density at radius 2 is 2.18 bits per heavy atom. The molecular weight excluding hydrogens is 237 g/mol. The fourth-order valence-corrected chi connectivity index (χ4v) is 1.09. The monoisotopic (exact) mass is 248 g/mol. The molecule has 0 atom stereocenters. The van der Waals surface area contributed by atoms with E-state index in [-0.39, 0.29) is 11.3 Å². The van der Waals surface area contributed by atoms with Crippen LogP contribution in [0.1, 0.15) is 22.5 Å². The van der Waals surface area contributed by atoms with Crippen LogP contribution in [-0.4, -0.2) is 23.7 Å². The molecule has 4 nitrogen and oxygen atoms in total. The molecule has 0 saturated heterocycles. The first-order chi connectivity index (χ1) is 7.79. The SMILES string of the molecule is Cc1ncc(N)cc1C(=O)OCCC(F)(F)F. The lowest BCUT2D eigenvalue weighted by Gasteiger charge is -2.08. The third kappa shape index (κ3) is 4.29. The van der Waals surface area contributed by atoms with E-state index < -0.39 is 25.2 Å². The van der Waals surface area contributed by atoms with Crippen molar-refractivity contribution in [2.75, 3.05) is 12.3 Å². The van der Waals surface area contributed by atoms with Crippen LogP contribution < -0.4 is 5.73 Å². The van der Waals surface area contributed by atoms with Gasteiger partial charge in [0.25, 0.3) is 0 Å². The van der Waals surface area contributed by atoms with Crippen molar-refractivity contribution in [2.45, 2.75) is 19.5 Å². The zero-order valence-corrected chi connectivity index (χ0v) is 9.04. The zero-order valence-electron chi connectivity index (χ0n) is 9.04. The van der Waals surface area contributed by atoms with Gasteiger partial charge in [-0.3, -0.25) is 4.98 Å². The summed E-state index contributed by atoms with van der Waals surface area (Å²) in [5, 5.41) is 0. The number of pyridine rings is 1. The number of hydrogen-bond donors (Lipinski definition) is 1. The molecule has 0 aromatic carbocycles. The summed E-state index contributed by atoms with van der Waals surface area (Å²) in [6, 6.07) is 1.32. The predicted molar refractivity (Wildman–Crippen MR) is 54.3 cm³/mol. The summed E-state index contributed by atoms with van der Waals surface area (Å²) in [7, 11) is 0. The molecule has 1 heterocycles. The zero-order chi connectivity index (χ0) is 13.1. The minimum absolute atomic E-state index is 0.0761. The number of nitrogens with two attached hydrogens (primary N) is 1. The Balaban J connectivity index is 2.61. The maximum Gasteiger partial charge on any atom is 0.392 e. The van der Waals surface area contributed by atoms with Crippen LogP contribution in [0.25, 0.3) is 0 Å². The first-order valence-corrected chi connectivity index (χ1v) is 4.75. The Labute approximate surface area is 95.6 Å². The molecule has 1 aromatic heterocycles. The van der Waals surface area contributed by atoms with Gasteiger partial charge >= 0.3 is 12.1 Å². The van der Waals surface area contributed by atoms with Gasteiger partial charge in [-0.15, -0.1) is 0 Å². The van der Waals surface area contributed by atoms with Gasteiger partial charge in [0.2, 0.25) is 0 Å². The smallest absolute Gasteiger partial charge is 0.392 e. The standard InChI is InChI=1S/C10H11F3N2O2/c1-6-8(4-7(14)5-15-6)9(16)17-3-2-10(11,12)13/h4-5H,2-3,14H2,1H3. The second-order valence-electron chi connectivity index (χ2n) is 3.40. The van der Waals surface area contributed by atoms with Crippen LogP contribution in [0.15, 0.2) is 12.3 Å². The lowest BCUT2D eigenvalue weighted by molar-refractivity contribution is -0.141. The van der Waals surface area contributed by atoms with Crippen molar-refractivity contribution < 1.29 is 22.7 Å². The van der Waals surface area contributed by atoms with Gasteiger partial charge in [-0.05, 0) is 13.0 Å². The molecule has 0 unspecified atom stereocenters. The summed E-state index contributed by atoms with van der Waals surface area (Å²) in [4.78, 5) is 15.2. The molecule has 0 aliphatic heterocycles. The van der Waals surface area contributed by atoms with Gasteiger partial charge in [-0.25, -0.2) is 4.79 Å². The third-order valence-corrected chi connectivity index (χ3v) is 1.95. The lowest BCUT2D eigenvalue weighted by Crippen LogP contribution is -2.15. The van der Waals surface area contributed by atoms with Gasteiger partial charge in [-0.2, -0.15) is 13.2 Å². The van der Waals surface area contributed by atoms with Crippen molar-refractivity contribution in [1.29, 1.82) is 0 Å². The number of nitrogens with zero attached hydrogens (tertiary/aromatic N) is 1. The lowest BCUT2D eigenvalue weighted by atomic mass is 10.2. The molecule has 0 spiro atoms. The number of nitrogen functional groups attached to an aromatic ring is 1. The molecule has 0 bridgehead atoms. The number of aryl methyl sites for hydroxylation is 1. The summed E-state index contributed by atoms with van der Waals surface area (Å²) in [6.45, 7) is 0.830. The average molecular weight is 248 g/mol. The van der Waals surface area contributed by atoms with Gasteiger partial charge in [0, 0.05) is 0 Å².